The van der Waals surface area contributed by atoms with Crippen molar-refractivity contribution in [3.05, 3.63) is 36.4 Å². The minimum Gasteiger partial charge on any atom is -0.335 e. The van der Waals surface area contributed by atoms with Crippen LogP contribution in [0.3, 0.4) is 0 Å². The minimum atomic E-state index is 0.00575. The highest BCUT2D eigenvalue weighted by atomic mass is 16.2. The van der Waals surface area contributed by atoms with E-state index < -0.39 is 0 Å². The normalized spacial score (nSPS) is 23.9. The van der Waals surface area contributed by atoms with E-state index in [-0.39, 0.29) is 11.4 Å². The fourth-order valence-corrected chi connectivity index (χ4v) is 3.43. The summed E-state index contributed by atoms with van der Waals surface area (Å²) in [4.78, 5) is 25.4. The number of nitrogens with zero attached hydrogens (tertiary/aromatic N) is 6. The van der Waals surface area contributed by atoms with Gasteiger partial charge in [-0.25, -0.2) is 9.97 Å². The Morgan fingerprint density at radius 2 is 2.00 bits per heavy atom. The van der Waals surface area contributed by atoms with E-state index in [0.717, 1.165) is 38.4 Å². The summed E-state index contributed by atoms with van der Waals surface area (Å²) >= 11 is 0. The zero-order valence-corrected chi connectivity index (χ0v) is 12.5. The molecule has 0 saturated carbocycles. The van der Waals surface area contributed by atoms with E-state index >= 15 is 0 Å². The van der Waals surface area contributed by atoms with Crippen molar-refractivity contribution in [2.24, 2.45) is 7.05 Å². The minimum absolute atomic E-state index is 0.00575. The lowest BCUT2D eigenvalue weighted by molar-refractivity contribution is 0.0769. The number of likely N-dealkylation sites (tertiary alicyclic amines) is 1. The van der Waals surface area contributed by atoms with Gasteiger partial charge >= 0.3 is 0 Å². The summed E-state index contributed by atoms with van der Waals surface area (Å²) in [5.74, 6) is 0.777. The summed E-state index contributed by atoms with van der Waals surface area (Å²) < 4.78 is 1.66. The molecule has 2 aromatic rings. The van der Waals surface area contributed by atoms with Gasteiger partial charge in [-0.1, -0.05) is 0 Å². The Kier molecular flexibility index (Phi) is 2.88. The first-order valence-electron chi connectivity index (χ1n) is 7.52. The van der Waals surface area contributed by atoms with Crippen LogP contribution in [0.25, 0.3) is 0 Å². The number of carbonyl (C=O) groups excluding carboxylic acids is 1. The van der Waals surface area contributed by atoms with Crippen molar-refractivity contribution in [2.75, 3.05) is 24.5 Å². The molecule has 4 rings (SSSR count). The van der Waals surface area contributed by atoms with E-state index in [1.165, 1.54) is 0 Å². The van der Waals surface area contributed by atoms with Crippen LogP contribution in [0.1, 0.15) is 23.3 Å². The van der Waals surface area contributed by atoms with Crippen LogP contribution in [-0.2, 0) is 7.05 Å². The van der Waals surface area contributed by atoms with E-state index in [9.17, 15) is 4.79 Å². The molecule has 7 nitrogen and oxygen atoms in total. The maximum absolute atomic E-state index is 12.5. The number of aromatic nitrogens is 4. The Bertz CT molecular complexity index is 699. The average Bonchev–Trinajstić information content (AvgIpc) is 3.14. The first-order valence-corrected chi connectivity index (χ1v) is 7.52. The second-order valence-corrected chi connectivity index (χ2v) is 6.03. The van der Waals surface area contributed by atoms with E-state index in [1.54, 1.807) is 29.3 Å². The van der Waals surface area contributed by atoms with Gasteiger partial charge in [0.25, 0.3) is 5.91 Å². The van der Waals surface area contributed by atoms with Crippen LogP contribution in [-0.4, -0.2) is 55.7 Å². The number of hydrogen-bond donors (Lipinski definition) is 0. The predicted molar refractivity (Wildman–Crippen MR) is 80.5 cm³/mol. The quantitative estimate of drug-likeness (QED) is 0.816. The molecule has 4 heterocycles. The van der Waals surface area contributed by atoms with Gasteiger partial charge in [-0.3, -0.25) is 9.48 Å². The van der Waals surface area contributed by atoms with E-state index in [4.69, 9.17) is 0 Å². The maximum Gasteiger partial charge on any atom is 0.274 e. The molecule has 0 unspecified atom stereocenters. The average molecular weight is 298 g/mol. The van der Waals surface area contributed by atoms with E-state index in [1.807, 2.05) is 18.0 Å². The van der Waals surface area contributed by atoms with Crippen molar-refractivity contribution >= 4 is 11.9 Å². The maximum atomic E-state index is 12.5. The summed E-state index contributed by atoms with van der Waals surface area (Å²) in [5, 5.41) is 4.21. The number of aryl methyl sites for hydroxylation is 1. The van der Waals surface area contributed by atoms with Crippen molar-refractivity contribution < 1.29 is 4.79 Å². The molecule has 1 spiro atoms. The highest BCUT2D eigenvalue weighted by Gasteiger charge is 2.51. The molecule has 1 amide bonds. The van der Waals surface area contributed by atoms with E-state index in [0.29, 0.717) is 5.69 Å². The van der Waals surface area contributed by atoms with Crippen molar-refractivity contribution in [3.63, 3.8) is 0 Å². The van der Waals surface area contributed by atoms with Gasteiger partial charge in [-0.2, -0.15) is 5.10 Å². The van der Waals surface area contributed by atoms with Gasteiger partial charge in [-0.15, -0.1) is 0 Å². The lowest BCUT2D eigenvalue weighted by Gasteiger charge is -2.50. The number of amides is 1. The summed E-state index contributed by atoms with van der Waals surface area (Å²) in [7, 11) is 1.82. The molecule has 2 aliphatic rings. The molecular weight excluding hydrogens is 280 g/mol. The van der Waals surface area contributed by atoms with Crippen molar-refractivity contribution in [2.45, 2.75) is 18.4 Å². The second kappa shape index (κ2) is 4.79. The summed E-state index contributed by atoms with van der Waals surface area (Å²) in [6.45, 7) is 2.44. The summed E-state index contributed by atoms with van der Waals surface area (Å²) in [6, 6.07) is 3.59. The molecule has 2 aliphatic heterocycles. The Morgan fingerprint density at radius 3 is 2.64 bits per heavy atom. The molecule has 2 fully saturated rings. The third-order valence-corrected chi connectivity index (χ3v) is 4.72. The lowest BCUT2D eigenvalue weighted by Crippen LogP contribution is -2.62. The number of carbonyl (C=O) groups is 1. The van der Waals surface area contributed by atoms with Crippen molar-refractivity contribution in [1.82, 2.24) is 24.6 Å². The third-order valence-electron chi connectivity index (χ3n) is 4.72. The van der Waals surface area contributed by atoms with Gasteiger partial charge in [-0.05, 0) is 25.0 Å². The molecule has 7 heteroatoms. The molecule has 0 N–H and O–H groups in total. The fraction of sp³-hybridized carbons (Fsp3) is 0.467. The first-order chi connectivity index (χ1) is 10.7. The van der Waals surface area contributed by atoms with Crippen LogP contribution in [0.4, 0.5) is 5.95 Å². The second-order valence-electron chi connectivity index (χ2n) is 6.03. The Balaban J connectivity index is 1.51. The van der Waals surface area contributed by atoms with Crippen LogP contribution in [0.2, 0.25) is 0 Å². The summed E-state index contributed by atoms with van der Waals surface area (Å²) in [5.41, 5.74) is 0.521. The molecule has 0 bridgehead atoms. The largest absolute Gasteiger partial charge is 0.335 e. The molecule has 0 aromatic carbocycles. The molecule has 114 valence electrons. The predicted octanol–water partition coefficient (Wildman–Crippen LogP) is 0.705. The van der Waals surface area contributed by atoms with Crippen LogP contribution < -0.4 is 4.90 Å². The van der Waals surface area contributed by atoms with Crippen LogP contribution >= 0.6 is 0 Å². The Hall–Kier alpha value is -2.44. The van der Waals surface area contributed by atoms with Crippen molar-refractivity contribution in [3.8, 4) is 0 Å². The number of anilines is 1. The fourth-order valence-electron chi connectivity index (χ4n) is 3.43. The standard InChI is InChI=1S/C15H18N6O/c1-19-8-3-12(18-19)13(22)20-9-4-15(11-20)5-10-21(15)14-16-6-2-7-17-14/h2-3,6-8H,4-5,9-11H2,1H3/t15-/m0/s1. The SMILES string of the molecule is Cn1ccc(C(=O)N2CC[C@]3(CCN3c3ncccn3)C2)n1. The monoisotopic (exact) mass is 298 g/mol. The zero-order valence-electron chi connectivity index (χ0n) is 12.5. The van der Waals surface area contributed by atoms with Crippen LogP contribution in [0.5, 0.6) is 0 Å². The van der Waals surface area contributed by atoms with Gasteiger partial charge in [0, 0.05) is 45.3 Å². The van der Waals surface area contributed by atoms with Crippen LogP contribution in [0, 0.1) is 0 Å². The number of rotatable bonds is 2. The molecule has 1 atom stereocenters. The molecular formula is C15H18N6O. The van der Waals surface area contributed by atoms with Crippen LogP contribution in [0.15, 0.2) is 30.7 Å². The highest BCUT2D eigenvalue weighted by molar-refractivity contribution is 5.92. The zero-order chi connectivity index (χ0) is 15.2. The topological polar surface area (TPSA) is 67.2 Å². The Labute approximate surface area is 128 Å². The third kappa shape index (κ3) is 1.96. The van der Waals surface area contributed by atoms with Gasteiger partial charge in [0.05, 0.1) is 5.54 Å². The molecule has 0 radical (unpaired) electrons. The lowest BCUT2D eigenvalue weighted by atomic mass is 9.84. The number of hydrogen-bond acceptors (Lipinski definition) is 5. The van der Waals surface area contributed by atoms with Gasteiger partial charge in [0.1, 0.15) is 5.69 Å². The molecule has 2 aromatic heterocycles. The first kappa shape index (κ1) is 13.2. The smallest absolute Gasteiger partial charge is 0.274 e. The van der Waals surface area contributed by atoms with Gasteiger partial charge in [0.2, 0.25) is 5.95 Å². The molecule has 2 saturated heterocycles. The van der Waals surface area contributed by atoms with Crippen molar-refractivity contribution in [1.29, 1.82) is 0 Å². The molecule has 22 heavy (non-hydrogen) atoms. The van der Waals surface area contributed by atoms with Gasteiger partial charge < -0.3 is 9.80 Å². The Morgan fingerprint density at radius 1 is 1.23 bits per heavy atom. The summed E-state index contributed by atoms with van der Waals surface area (Å²) in [6.07, 6.45) is 7.37. The van der Waals surface area contributed by atoms with E-state index in [2.05, 4.69) is 20.0 Å². The molecule has 0 aliphatic carbocycles. The highest BCUT2D eigenvalue weighted by Crippen LogP contribution is 2.41. The van der Waals surface area contributed by atoms with Gasteiger partial charge in [0.15, 0.2) is 0 Å².